The summed E-state index contributed by atoms with van der Waals surface area (Å²) < 4.78 is 10.5. The predicted molar refractivity (Wildman–Crippen MR) is 83.6 cm³/mol. The average Bonchev–Trinajstić information content (AvgIpc) is 3.05. The molecule has 0 aliphatic carbocycles. The number of ether oxygens (including phenoxy) is 1. The fraction of sp³-hybridized carbons (Fsp3) is 0.438. The molecule has 1 aliphatic rings. The lowest BCUT2D eigenvalue weighted by Crippen LogP contribution is -2.45. The molecular formula is C16H19N5O2. The van der Waals surface area contributed by atoms with E-state index in [0.29, 0.717) is 24.8 Å². The standard InChI is InChI=1S/C16H19N5O2/c1-22-14-4-2-13(3-5-14)16-18-15(23-19-16)12-21-10-8-20(7-6-17)9-11-21/h2-5H,7-12H2,1H3. The van der Waals surface area contributed by atoms with Crippen LogP contribution in [0.3, 0.4) is 0 Å². The molecule has 3 rings (SSSR count). The van der Waals surface area contributed by atoms with Crippen LogP contribution in [0.2, 0.25) is 0 Å². The van der Waals surface area contributed by atoms with Crippen molar-refractivity contribution in [1.82, 2.24) is 19.9 Å². The summed E-state index contributed by atoms with van der Waals surface area (Å²) in [4.78, 5) is 8.87. The van der Waals surface area contributed by atoms with Gasteiger partial charge in [0, 0.05) is 31.7 Å². The number of nitrogens with zero attached hydrogens (tertiary/aromatic N) is 5. The van der Waals surface area contributed by atoms with Gasteiger partial charge in [-0.1, -0.05) is 5.16 Å². The van der Waals surface area contributed by atoms with Crippen LogP contribution in [0.4, 0.5) is 0 Å². The summed E-state index contributed by atoms with van der Waals surface area (Å²) >= 11 is 0. The lowest BCUT2D eigenvalue weighted by atomic mass is 10.2. The number of piperazine rings is 1. The second-order valence-corrected chi connectivity index (χ2v) is 5.45. The Labute approximate surface area is 135 Å². The van der Waals surface area contributed by atoms with E-state index in [4.69, 9.17) is 14.5 Å². The largest absolute Gasteiger partial charge is 0.497 e. The molecule has 23 heavy (non-hydrogen) atoms. The van der Waals surface area contributed by atoms with Gasteiger partial charge in [-0.2, -0.15) is 10.2 Å². The van der Waals surface area contributed by atoms with Gasteiger partial charge in [-0.25, -0.2) is 0 Å². The highest BCUT2D eigenvalue weighted by Crippen LogP contribution is 2.20. The first-order valence-corrected chi connectivity index (χ1v) is 7.57. The number of hydrogen-bond donors (Lipinski definition) is 0. The lowest BCUT2D eigenvalue weighted by molar-refractivity contribution is 0.126. The minimum atomic E-state index is 0.496. The third kappa shape index (κ3) is 3.86. The minimum absolute atomic E-state index is 0.496. The molecule has 1 saturated heterocycles. The maximum Gasteiger partial charge on any atom is 0.241 e. The highest BCUT2D eigenvalue weighted by atomic mass is 16.5. The molecule has 0 unspecified atom stereocenters. The maximum atomic E-state index is 8.72. The second kappa shape index (κ2) is 7.22. The summed E-state index contributed by atoms with van der Waals surface area (Å²) in [5.74, 6) is 2.00. The van der Waals surface area contributed by atoms with E-state index in [0.717, 1.165) is 37.5 Å². The molecule has 1 aromatic heterocycles. The number of rotatable bonds is 5. The van der Waals surface area contributed by atoms with Gasteiger partial charge in [0.05, 0.1) is 26.3 Å². The second-order valence-electron chi connectivity index (χ2n) is 5.45. The van der Waals surface area contributed by atoms with E-state index in [1.807, 2.05) is 24.3 Å². The molecule has 0 N–H and O–H groups in total. The van der Waals surface area contributed by atoms with Gasteiger partial charge in [0.1, 0.15) is 5.75 Å². The average molecular weight is 313 g/mol. The van der Waals surface area contributed by atoms with E-state index in [2.05, 4.69) is 26.0 Å². The Morgan fingerprint density at radius 1 is 1.17 bits per heavy atom. The number of methoxy groups -OCH3 is 1. The van der Waals surface area contributed by atoms with Crippen LogP contribution in [0.1, 0.15) is 5.89 Å². The number of benzene rings is 1. The van der Waals surface area contributed by atoms with E-state index < -0.39 is 0 Å². The molecule has 7 heteroatoms. The zero-order valence-electron chi connectivity index (χ0n) is 13.1. The van der Waals surface area contributed by atoms with Crippen LogP contribution >= 0.6 is 0 Å². The minimum Gasteiger partial charge on any atom is -0.497 e. The van der Waals surface area contributed by atoms with Crippen LogP contribution in [-0.4, -0.2) is 59.8 Å². The van der Waals surface area contributed by atoms with Crippen LogP contribution in [0, 0.1) is 11.3 Å². The van der Waals surface area contributed by atoms with Crippen molar-refractivity contribution in [2.45, 2.75) is 6.54 Å². The smallest absolute Gasteiger partial charge is 0.241 e. The molecular weight excluding hydrogens is 294 g/mol. The quantitative estimate of drug-likeness (QED) is 0.772. The summed E-state index contributed by atoms with van der Waals surface area (Å²) in [6.45, 7) is 4.74. The van der Waals surface area contributed by atoms with E-state index in [1.165, 1.54) is 0 Å². The van der Waals surface area contributed by atoms with Crippen molar-refractivity contribution in [2.75, 3.05) is 39.8 Å². The molecule has 0 saturated carbocycles. The predicted octanol–water partition coefficient (Wildman–Crippen LogP) is 1.39. The Morgan fingerprint density at radius 2 is 1.87 bits per heavy atom. The molecule has 0 amide bonds. The Kier molecular flexibility index (Phi) is 4.86. The third-order valence-corrected chi connectivity index (χ3v) is 3.93. The SMILES string of the molecule is COc1ccc(-c2noc(CN3CCN(CC#N)CC3)n2)cc1. The van der Waals surface area contributed by atoms with Gasteiger partial charge in [-0.3, -0.25) is 9.80 Å². The molecule has 2 heterocycles. The van der Waals surface area contributed by atoms with E-state index in [9.17, 15) is 0 Å². The highest BCUT2D eigenvalue weighted by Gasteiger charge is 2.19. The van der Waals surface area contributed by atoms with Crippen molar-refractivity contribution in [2.24, 2.45) is 0 Å². The van der Waals surface area contributed by atoms with Gasteiger partial charge < -0.3 is 9.26 Å². The van der Waals surface area contributed by atoms with Gasteiger partial charge in [0.25, 0.3) is 0 Å². The van der Waals surface area contributed by atoms with Crippen molar-refractivity contribution in [3.05, 3.63) is 30.2 Å². The Balaban J connectivity index is 1.58. The topological polar surface area (TPSA) is 78.4 Å². The maximum absolute atomic E-state index is 8.72. The molecule has 0 spiro atoms. The summed E-state index contributed by atoms with van der Waals surface area (Å²) in [7, 11) is 1.64. The van der Waals surface area contributed by atoms with Crippen LogP contribution in [0.25, 0.3) is 11.4 Å². The summed E-state index contributed by atoms with van der Waals surface area (Å²) in [5.41, 5.74) is 0.902. The monoisotopic (exact) mass is 313 g/mol. The molecule has 120 valence electrons. The molecule has 0 bridgehead atoms. The van der Waals surface area contributed by atoms with Crippen molar-refractivity contribution in [1.29, 1.82) is 5.26 Å². The number of nitriles is 1. The fourth-order valence-electron chi connectivity index (χ4n) is 2.57. The molecule has 1 aromatic carbocycles. The van der Waals surface area contributed by atoms with Gasteiger partial charge in [0.15, 0.2) is 0 Å². The number of hydrogen-bond acceptors (Lipinski definition) is 7. The molecule has 0 atom stereocenters. The summed E-state index contributed by atoms with van der Waals surface area (Å²) in [6, 6.07) is 9.76. The number of aromatic nitrogens is 2. The van der Waals surface area contributed by atoms with Crippen molar-refractivity contribution < 1.29 is 9.26 Å². The van der Waals surface area contributed by atoms with Gasteiger partial charge in [0.2, 0.25) is 11.7 Å². The van der Waals surface area contributed by atoms with Crippen LogP contribution < -0.4 is 4.74 Å². The van der Waals surface area contributed by atoms with Crippen molar-refractivity contribution in [3.8, 4) is 23.2 Å². The van der Waals surface area contributed by atoms with Gasteiger partial charge >= 0.3 is 0 Å². The third-order valence-electron chi connectivity index (χ3n) is 3.93. The highest BCUT2D eigenvalue weighted by molar-refractivity contribution is 5.55. The van der Waals surface area contributed by atoms with Crippen molar-refractivity contribution in [3.63, 3.8) is 0 Å². The zero-order chi connectivity index (χ0) is 16.1. The van der Waals surface area contributed by atoms with Gasteiger partial charge in [-0.05, 0) is 24.3 Å². The normalized spacial score (nSPS) is 16.2. The first-order chi connectivity index (χ1) is 11.3. The Hall–Kier alpha value is -2.43. The zero-order valence-corrected chi connectivity index (χ0v) is 13.1. The van der Waals surface area contributed by atoms with E-state index >= 15 is 0 Å². The summed E-state index contributed by atoms with van der Waals surface area (Å²) in [6.07, 6.45) is 0. The molecule has 0 radical (unpaired) electrons. The van der Waals surface area contributed by atoms with Gasteiger partial charge in [-0.15, -0.1) is 0 Å². The van der Waals surface area contributed by atoms with Crippen LogP contribution in [0.5, 0.6) is 5.75 Å². The van der Waals surface area contributed by atoms with Crippen LogP contribution in [0.15, 0.2) is 28.8 Å². The first-order valence-electron chi connectivity index (χ1n) is 7.57. The Morgan fingerprint density at radius 3 is 2.52 bits per heavy atom. The fourth-order valence-corrected chi connectivity index (χ4v) is 2.57. The summed E-state index contributed by atoms with van der Waals surface area (Å²) in [5, 5.41) is 12.8. The van der Waals surface area contributed by atoms with E-state index in [1.54, 1.807) is 7.11 Å². The Bertz CT molecular complexity index is 669. The lowest BCUT2D eigenvalue weighted by Gasteiger charge is -2.32. The molecule has 1 fully saturated rings. The molecule has 1 aliphatic heterocycles. The molecule has 7 nitrogen and oxygen atoms in total. The van der Waals surface area contributed by atoms with Crippen LogP contribution in [-0.2, 0) is 6.54 Å². The molecule has 2 aromatic rings. The van der Waals surface area contributed by atoms with Crippen molar-refractivity contribution >= 4 is 0 Å². The van der Waals surface area contributed by atoms with E-state index in [-0.39, 0.29) is 0 Å². The first kappa shape index (κ1) is 15.5.